The van der Waals surface area contributed by atoms with Crippen molar-refractivity contribution in [3.8, 4) is 17.6 Å². The molecular formula is C15H10F3NO3S. The molecule has 0 unspecified atom stereocenters. The van der Waals surface area contributed by atoms with Gasteiger partial charge in [0.15, 0.2) is 11.6 Å². The summed E-state index contributed by atoms with van der Waals surface area (Å²) in [4.78, 5) is -0.552. The highest BCUT2D eigenvalue weighted by Crippen LogP contribution is 2.31. The van der Waals surface area contributed by atoms with Crippen molar-refractivity contribution in [2.75, 3.05) is 0 Å². The van der Waals surface area contributed by atoms with Gasteiger partial charge >= 0.3 is 5.76 Å². The molecule has 0 spiro atoms. The maximum absolute atomic E-state index is 13.9. The number of sulfone groups is 1. The quantitative estimate of drug-likeness (QED) is 0.848. The highest BCUT2D eigenvalue weighted by molar-refractivity contribution is 7.91. The van der Waals surface area contributed by atoms with E-state index in [1.165, 1.54) is 25.1 Å². The van der Waals surface area contributed by atoms with Crippen molar-refractivity contribution >= 4 is 9.84 Å². The summed E-state index contributed by atoms with van der Waals surface area (Å²) >= 11 is 0. The molecule has 0 saturated carbocycles. The van der Waals surface area contributed by atoms with Gasteiger partial charge < -0.3 is 4.74 Å². The van der Waals surface area contributed by atoms with Crippen LogP contribution < -0.4 is 4.74 Å². The van der Waals surface area contributed by atoms with Crippen LogP contribution in [0.5, 0.6) is 11.5 Å². The zero-order chi connectivity index (χ0) is 17.2. The fourth-order valence-corrected chi connectivity index (χ4v) is 2.62. The Morgan fingerprint density at radius 3 is 2.43 bits per heavy atom. The van der Waals surface area contributed by atoms with Crippen molar-refractivity contribution < 1.29 is 26.3 Å². The number of nitriles is 1. The average Bonchev–Trinajstić information content (AvgIpc) is 2.50. The zero-order valence-corrected chi connectivity index (χ0v) is 12.6. The van der Waals surface area contributed by atoms with E-state index in [2.05, 4.69) is 0 Å². The van der Waals surface area contributed by atoms with E-state index < -0.39 is 26.3 Å². The van der Waals surface area contributed by atoms with E-state index in [9.17, 15) is 21.6 Å². The molecule has 0 saturated heterocycles. The summed E-state index contributed by atoms with van der Waals surface area (Å²) in [5.74, 6) is -4.53. The van der Waals surface area contributed by atoms with Gasteiger partial charge in [0.1, 0.15) is 11.8 Å². The number of nitrogens with zero attached hydrogens (tertiary/aromatic N) is 1. The Hall–Kier alpha value is -2.53. The smallest absolute Gasteiger partial charge is 0.341 e. The third-order valence-electron chi connectivity index (χ3n) is 3.01. The molecule has 0 N–H and O–H groups in total. The highest BCUT2D eigenvalue weighted by atomic mass is 32.2. The molecule has 120 valence electrons. The molecule has 0 aromatic heterocycles. The largest absolute Gasteiger partial charge is 0.454 e. The summed E-state index contributed by atoms with van der Waals surface area (Å²) in [6.45, 7) is 1.44. The molecule has 0 aliphatic heterocycles. The fourth-order valence-electron chi connectivity index (χ4n) is 1.81. The third-order valence-corrected chi connectivity index (χ3v) is 4.39. The molecule has 2 rings (SSSR count). The lowest BCUT2D eigenvalue weighted by Gasteiger charge is -2.11. The van der Waals surface area contributed by atoms with Gasteiger partial charge in [-0.15, -0.1) is 0 Å². The van der Waals surface area contributed by atoms with Crippen LogP contribution in [-0.4, -0.2) is 14.2 Å². The molecule has 0 aliphatic rings. The monoisotopic (exact) mass is 341 g/mol. The minimum Gasteiger partial charge on any atom is -0.454 e. The van der Waals surface area contributed by atoms with Gasteiger partial charge in [-0.05, 0) is 42.8 Å². The summed E-state index contributed by atoms with van der Waals surface area (Å²) in [6, 6.07) is 8.77. The van der Waals surface area contributed by atoms with Gasteiger partial charge in [0, 0.05) is 0 Å². The van der Waals surface area contributed by atoms with Crippen LogP contribution in [0.2, 0.25) is 0 Å². The van der Waals surface area contributed by atoms with Crippen molar-refractivity contribution in [2.45, 2.75) is 17.6 Å². The summed E-state index contributed by atoms with van der Waals surface area (Å²) in [6.07, 6.45) is 0. The van der Waals surface area contributed by atoms with Gasteiger partial charge in [0.2, 0.25) is 9.84 Å². The van der Waals surface area contributed by atoms with Gasteiger partial charge in [-0.3, -0.25) is 0 Å². The first-order valence-corrected chi connectivity index (χ1v) is 7.81. The Kier molecular flexibility index (Phi) is 4.61. The molecule has 0 aliphatic carbocycles. The Balaban J connectivity index is 2.39. The summed E-state index contributed by atoms with van der Waals surface area (Å²) < 4.78 is 67.1. The summed E-state index contributed by atoms with van der Waals surface area (Å²) in [5.41, 5.74) is 0.0190. The van der Waals surface area contributed by atoms with Gasteiger partial charge in [-0.1, -0.05) is 6.07 Å². The molecule has 23 heavy (non-hydrogen) atoms. The first-order chi connectivity index (χ1) is 10.8. The zero-order valence-electron chi connectivity index (χ0n) is 11.8. The number of halogens is 3. The van der Waals surface area contributed by atoms with E-state index >= 15 is 0 Å². The second-order valence-corrected chi connectivity index (χ2v) is 6.48. The summed E-state index contributed by atoms with van der Waals surface area (Å²) in [5, 5.41) is 8.76. The van der Waals surface area contributed by atoms with Gasteiger partial charge in [-0.25, -0.2) is 12.8 Å². The minimum atomic E-state index is -4.71. The van der Waals surface area contributed by atoms with E-state index in [0.717, 1.165) is 18.2 Å². The highest BCUT2D eigenvalue weighted by Gasteiger charge is 2.27. The Morgan fingerprint density at radius 2 is 1.87 bits per heavy atom. The maximum atomic E-state index is 13.9. The molecule has 0 fully saturated rings. The van der Waals surface area contributed by atoms with Crippen LogP contribution in [0, 0.1) is 24.1 Å². The van der Waals surface area contributed by atoms with Gasteiger partial charge in [-0.2, -0.15) is 14.0 Å². The second-order valence-electron chi connectivity index (χ2n) is 4.56. The molecule has 0 heterocycles. The van der Waals surface area contributed by atoms with Crippen molar-refractivity contribution in [2.24, 2.45) is 0 Å². The normalized spacial score (nSPS) is 11.3. The van der Waals surface area contributed by atoms with E-state index in [0.29, 0.717) is 0 Å². The lowest BCUT2D eigenvalue weighted by atomic mass is 10.2. The SMILES string of the molecule is Cc1cc(S(=O)(=O)C(F)F)ccc1Oc1cccc(C#N)c1F. The average molecular weight is 341 g/mol. The van der Waals surface area contributed by atoms with Crippen molar-refractivity contribution in [3.63, 3.8) is 0 Å². The molecule has 0 radical (unpaired) electrons. The second kappa shape index (κ2) is 6.30. The van der Waals surface area contributed by atoms with Gasteiger partial charge in [0.25, 0.3) is 0 Å². The molecule has 2 aromatic rings. The Labute approximate surface area is 130 Å². The van der Waals surface area contributed by atoms with Crippen LogP contribution >= 0.6 is 0 Å². The molecule has 4 nitrogen and oxygen atoms in total. The fraction of sp³-hybridized carbons (Fsp3) is 0.133. The standard InChI is InChI=1S/C15H10F3NO3S/c1-9-7-11(23(20,21)15(17)18)5-6-12(9)22-13-4-2-3-10(8-19)14(13)16/h2-7,15H,1H3. The predicted octanol–water partition coefficient (Wildman–Crippen LogP) is 3.79. The van der Waals surface area contributed by atoms with Crippen LogP contribution in [0.25, 0.3) is 0 Å². The van der Waals surface area contributed by atoms with Crippen molar-refractivity contribution in [1.82, 2.24) is 0 Å². The number of benzene rings is 2. The predicted molar refractivity (Wildman–Crippen MR) is 75.6 cm³/mol. The van der Waals surface area contributed by atoms with E-state index in [-0.39, 0.29) is 22.6 Å². The third kappa shape index (κ3) is 3.29. The molecule has 0 atom stereocenters. The topological polar surface area (TPSA) is 67.2 Å². The molecular weight excluding hydrogens is 331 g/mol. The minimum absolute atomic E-state index is 0.0900. The molecule has 0 amide bonds. The lowest BCUT2D eigenvalue weighted by Crippen LogP contribution is -2.11. The molecule has 0 bridgehead atoms. The number of hydrogen-bond donors (Lipinski definition) is 0. The Bertz CT molecular complexity index is 889. The number of aryl methyl sites for hydroxylation is 1. The number of rotatable bonds is 4. The van der Waals surface area contributed by atoms with Crippen molar-refractivity contribution in [1.29, 1.82) is 5.26 Å². The first-order valence-electron chi connectivity index (χ1n) is 6.26. The first kappa shape index (κ1) is 16.8. The molecule has 8 heteroatoms. The maximum Gasteiger partial charge on any atom is 0.341 e. The van der Waals surface area contributed by atoms with E-state index in [1.54, 1.807) is 6.07 Å². The Morgan fingerprint density at radius 1 is 1.17 bits per heavy atom. The summed E-state index contributed by atoms with van der Waals surface area (Å²) in [7, 11) is -4.71. The number of hydrogen-bond acceptors (Lipinski definition) is 4. The number of alkyl halides is 2. The van der Waals surface area contributed by atoms with Crippen LogP contribution in [0.4, 0.5) is 13.2 Å². The van der Waals surface area contributed by atoms with Gasteiger partial charge in [0.05, 0.1) is 10.5 Å². The number of ether oxygens (including phenoxy) is 1. The van der Waals surface area contributed by atoms with Crippen LogP contribution in [-0.2, 0) is 9.84 Å². The van der Waals surface area contributed by atoms with Crippen LogP contribution in [0.3, 0.4) is 0 Å². The molecule has 2 aromatic carbocycles. The lowest BCUT2D eigenvalue weighted by molar-refractivity contribution is 0.234. The van der Waals surface area contributed by atoms with E-state index in [4.69, 9.17) is 10.00 Å². The van der Waals surface area contributed by atoms with Crippen LogP contribution in [0.15, 0.2) is 41.3 Å². The van der Waals surface area contributed by atoms with E-state index in [1.807, 2.05) is 0 Å². The van der Waals surface area contributed by atoms with Crippen molar-refractivity contribution in [3.05, 3.63) is 53.3 Å². The van der Waals surface area contributed by atoms with Crippen LogP contribution in [0.1, 0.15) is 11.1 Å².